The van der Waals surface area contributed by atoms with Gasteiger partial charge < -0.3 is 5.11 Å². The minimum absolute atomic E-state index is 0.00659. The van der Waals surface area contributed by atoms with Crippen LogP contribution < -0.4 is 0 Å². The Hall–Kier alpha value is -0.0800. The van der Waals surface area contributed by atoms with E-state index in [4.69, 9.17) is 0 Å². The zero-order valence-electron chi connectivity index (χ0n) is 8.30. The first-order valence-electron chi connectivity index (χ1n) is 4.84. The highest BCUT2D eigenvalue weighted by molar-refractivity contribution is 5.06. The molecule has 1 aliphatic carbocycles. The molecule has 1 spiro atoms. The van der Waals surface area contributed by atoms with Gasteiger partial charge in [-0.25, -0.2) is 0 Å². The van der Waals surface area contributed by atoms with Gasteiger partial charge in [-0.05, 0) is 33.6 Å². The molecule has 1 saturated carbocycles. The Bertz CT molecular complexity index is 181. The Kier molecular flexibility index (Phi) is 1.59. The number of rotatable bonds is 0. The summed E-state index contributed by atoms with van der Waals surface area (Å²) in [6.45, 7) is 9.18. The Morgan fingerprint density at radius 1 is 1.25 bits per heavy atom. The molecule has 0 radical (unpaired) electrons. The van der Waals surface area contributed by atoms with Crippen LogP contribution in [0.1, 0.15) is 33.6 Å². The molecule has 0 atom stereocenters. The van der Waals surface area contributed by atoms with Gasteiger partial charge in [0.15, 0.2) is 0 Å². The van der Waals surface area contributed by atoms with Gasteiger partial charge >= 0.3 is 0 Å². The number of aliphatic hydroxyl groups is 1. The monoisotopic (exact) mass is 169 g/mol. The van der Waals surface area contributed by atoms with Crippen LogP contribution in [0, 0.1) is 5.41 Å². The van der Waals surface area contributed by atoms with Crippen molar-refractivity contribution in [2.75, 3.05) is 13.1 Å². The van der Waals surface area contributed by atoms with E-state index in [-0.39, 0.29) is 6.10 Å². The lowest BCUT2D eigenvalue weighted by molar-refractivity contribution is -0.154. The van der Waals surface area contributed by atoms with E-state index in [1.54, 1.807) is 0 Å². The molecule has 0 amide bonds. The summed E-state index contributed by atoms with van der Waals surface area (Å²) in [5.74, 6) is 0. The highest BCUT2D eigenvalue weighted by atomic mass is 16.3. The maximum atomic E-state index is 9.22. The summed E-state index contributed by atoms with van der Waals surface area (Å²) in [6.07, 6.45) is 2.09. The quantitative estimate of drug-likeness (QED) is 0.590. The second-order valence-electron chi connectivity index (χ2n) is 5.59. The van der Waals surface area contributed by atoms with Crippen molar-refractivity contribution in [1.29, 1.82) is 0 Å². The van der Waals surface area contributed by atoms with Gasteiger partial charge in [0, 0.05) is 24.0 Å². The molecule has 2 heteroatoms. The second-order valence-corrected chi connectivity index (χ2v) is 5.59. The fourth-order valence-corrected chi connectivity index (χ4v) is 2.44. The minimum atomic E-state index is 0.00659. The minimum Gasteiger partial charge on any atom is -0.393 e. The zero-order valence-corrected chi connectivity index (χ0v) is 8.30. The summed E-state index contributed by atoms with van der Waals surface area (Å²) in [7, 11) is 0. The Morgan fingerprint density at radius 3 is 2.08 bits per heavy atom. The summed E-state index contributed by atoms with van der Waals surface area (Å²) in [6, 6.07) is 0. The molecule has 2 nitrogen and oxygen atoms in total. The molecule has 70 valence electrons. The molecule has 2 rings (SSSR count). The van der Waals surface area contributed by atoms with Gasteiger partial charge in [0.05, 0.1) is 6.10 Å². The molecule has 1 heterocycles. The van der Waals surface area contributed by atoms with Gasteiger partial charge in [0.2, 0.25) is 0 Å². The SMILES string of the molecule is CC(C)(C)N1CC2(CC(O)C2)C1. The van der Waals surface area contributed by atoms with Crippen LogP contribution in [0.3, 0.4) is 0 Å². The molecule has 2 aliphatic rings. The van der Waals surface area contributed by atoms with Crippen LogP contribution in [-0.4, -0.2) is 34.7 Å². The van der Waals surface area contributed by atoms with Crippen molar-refractivity contribution < 1.29 is 5.11 Å². The van der Waals surface area contributed by atoms with Gasteiger partial charge in [-0.1, -0.05) is 0 Å². The van der Waals surface area contributed by atoms with Crippen molar-refractivity contribution in [3.8, 4) is 0 Å². The topological polar surface area (TPSA) is 23.5 Å². The zero-order chi connectivity index (χ0) is 8.98. The van der Waals surface area contributed by atoms with Crippen LogP contribution in [0.15, 0.2) is 0 Å². The van der Waals surface area contributed by atoms with Gasteiger partial charge in [-0.15, -0.1) is 0 Å². The molecule has 12 heavy (non-hydrogen) atoms. The van der Waals surface area contributed by atoms with Crippen LogP contribution in [0.2, 0.25) is 0 Å². The lowest BCUT2D eigenvalue weighted by Crippen LogP contribution is -2.67. The first kappa shape index (κ1) is 8.52. The Labute approximate surface area is 74.6 Å². The van der Waals surface area contributed by atoms with Gasteiger partial charge in [-0.3, -0.25) is 4.90 Å². The Balaban J connectivity index is 1.85. The van der Waals surface area contributed by atoms with E-state index in [2.05, 4.69) is 25.7 Å². The molecule has 1 N–H and O–H groups in total. The van der Waals surface area contributed by atoms with E-state index in [0.717, 1.165) is 12.8 Å². The van der Waals surface area contributed by atoms with Gasteiger partial charge in [0.25, 0.3) is 0 Å². The largest absolute Gasteiger partial charge is 0.393 e. The maximum Gasteiger partial charge on any atom is 0.0552 e. The fourth-order valence-electron chi connectivity index (χ4n) is 2.44. The van der Waals surface area contributed by atoms with Crippen molar-refractivity contribution in [2.24, 2.45) is 5.41 Å². The highest BCUT2D eigenvalue weighted by Gasteiger charge is 2.53. The standard InChI is InChI=1S/C10H19NO/c1-9(2,3)11-6-10(7-11)4-8(12)5-10/h8,12H,4-7H2,1-3H3. The predicted molar refractivity (Wildman–Crippen MR) is 49.0 cm³/mol. The highest BCUT2D eigenvalue weighted by Crippen LogP contribution is 2.50. The van der Waals surface area contributed by atoms with E-state index in [1.165, 1.54) is 13.1 Å². The third-order valence-electron chi connectivity index (χ3n) is 3.34. The van der Waals surface area contributed by atoms with Crippen LogP contribution >= 0.6 is 0 Å². The van der Waals surface area contributed by atoms with Gasteiger partial charge in [0.1, 0.15) is 0 Å². The molecule has 0 unspecified atom stereocenters. The average molecular weight is 169 g/mol. The summed E-state index contributed by atoms with van der Waals surface area (Å²) >= 11 is 0. The van der Waals surface area contributed by atoms with Crippen LogP contribution in [0.5, 0.6) is 0 Å². The fraction of sp³-hybridized carbons (Fsp3) is 1.00. The first-order valence-corrected chi connectivity index (χ1v) is 4.84. The number of hydrogen-bond acceptors (Lipinski definition) is 2. The van der Waals surface area contributed by atoms with Crippen LogP contribution in [-0.2, 0) is 0 Å². The summed E-state index contributed by atoms with van der Waals surface area (Å²) < 4.78 is 0. The molecule has 0 aromatic rings. The van der Waals surface area contributed by atoms with Crippen molar-refractivity contribution in [2.45, 2.75) is 45.3 Å². The molecule has 2 fully saturated rings. The summed E-state index contributed by atoms with van der Waals surface area (Å²) in [4.78, 5) is 2.50. The van der Waals surface area contributed by atoms with E-state index >= 15 is 0 Å². The predicted octanol–water partition coefficient (Wildman–Crippen LogP) is 1.24. The lowest BCUT2D eigenvalue weighted by atomic mass is 9.61. The average Bonchev–Trinajstić information content (AvgIpc) is 1.71. The molecule has 1 saturated heterocycles. The van der Waals surface area contributed by atoms with E-state index in [0.29, 0.717) is 11.0 Å². The normalized spacial score (nSPS) is 30.0. The first-order chi connectivity index (χ1) is 5.41. The maximum absolute atomic E-state index is 9.22. The van der Waals surface area contributed by atoms with Crippen molar-refractivity contribution in [1.82, 2.24) is 4.90 Å². The van der Waals surface area contributed by atoms with Crippen molar-refractivity contribution in [3.05, 3.63) is 0 Å². The second kappa shape index (κ2) is 2.24. The number of aliphatic hydroxyl groups excluding tert-OH is 1. The molecular weight excluding hydrogens is 150 g/mol. The Morgan fingerprint density at radius 2 is 1.75 bits per heavy atom. The molecular formula is C10H19NO. The number of hydrogen-bond donors (Lipinski definition) is 1. The van der Waals surface area contributed by atoms with Crippen LogP contribution in [0.25, 0.3) is 0 Å². The number of likely N-dealkylation sites (tertiary alicyclic amines) is 1. The van der Waals surface area contributed by atoms with E-state index < -0.39 is 0 Å². The third-order valence-corrected chi connectivity index (χ3v) is 3.34. The van der Waals surface area contributed by atoms with Crippen molar-refractivity contribution in [3.63, 3.8) is 0 Å². The molecule has 1 aliphatic heterocycles. The molecule has 0 bridgehead atoms. The van der Waals surface area contributed by atoms with Gasteiger partial charge in [-0.2, -0.15) is 0 Å². The van der Waals surface area contributed by atoms with E-state index in [9.17, 15) is 5.11 Å². The van der Waals surface area contributed by atoms with E-state index in [1.807, 2.05) is 0 Å². The smallest absolute Gasteiger partial charge is 0.0552 e. The summed E-state index contributed by atoms with van der Waals surface area (Å²) in [5.41, 5.74) is 0.846. The summed E-state index contributed by atoms with van der Waals surface area (Å²) in [5, 5.41) is 9.22. The number of nitrogens with zero attached hydrogens (tertiary/aromatic N) is 1. The molecule has 0 aromatic heterocycles. The molecule has 0 aromatic carbocycles. The third kappa shape index (κ3) is 1.17. The van der Waals surface area contributed by atoms with Crippen molar-refractivity contribution >= 4 is 0 Å². The lowest BCUT2D eigenvalue weighted by Gasteiger charge is -2.61. The van der Waals surface area contributed by atoms with Crippen LogP contribution in [0.4, 0.5) is 0 Å².